The Morgan fingerprint density at radius 3 is 2.86 bits per heavy atom. The van der Waals surface area contributed by atoms with E-state index in [0.717, 1.165) is 42.9 Å². The number of carbonyl (C=O) groups is 1. The molecule has 1 unspecified atom stereocenters. The average molecular weight is 478 g/mol. The Bertz CT molecular complexity index is 1270. The number of nitrogens with one attached hydrogen (secondary N) is 1. The van der Waals surface area contributed by atoms with E-state index in [9.17, 15) is 4.79 Å². The number of tetrazole rings is 1. The van der Waals surface area contributed by atoms with Crippen molar-refractivity contribution in [2.45, 2.75) is 12.5 Å². The van der Waals surface area contributed by atoms with Crippen molar-refractivity contribution in [1.29, 1.82) is 0 Å². The molecule has 182 valence electrons. The molecule has 0 saturated carbocycles. The Morgan fingerprint density at radius 1 is 1.17 bits per heavy atom. The Morgan fingerprint density at radius 2 is 2.03 bits per heavy atom. The average Bonchev–Trinajstić information content (AvgIpc) is 3.57. The Hall–Kier alpha value is -3.70. The fourth-order valence-corrected chi connectivity index (χ4v) is 5.13. The predicted molar refractivity (Wildman–Crippen MR) is 125 cm³/mol. The van der Waals surface area contributed by atoms with Gasteiger partial charge in [-0.05, 0) is 53.7 Å². The number of ether oxygens (including phenoxy) is 3. The minimum absolute atomic E-state index is 0.0116. The van der Waals surface area contributed by atoms with E-state index in [1.807, 2.05) is 42.3 Å². The van der Waals surface area contributed by atoms with Crippen LogP contribution in [0.15, 0.2) is 30.3 Å². The summed E-state index contributed by atoms with van der Waals surface area (Å²) in [7, 11) is 3.68. The van der Waals surface area contributed by atoms with E-state index < -0.39 is 0 Å². The minimum Gasteiger partial charge on any atom is -0.492 e. The smallest absolute Gasteiger partial charge is 0.254 e. The molecule has 35 heavy (non-hydrogen) atoms. The van der Waals surface area contributed by atoms with Crippen LogP contribution in [-0.4, -0.2) is 89.6 Å². The van der Waals surface area contributed by atoms with Crippen molar-refractivity contribution in [3.8, 4) is 22.9 Å². The Balaban J connectivity index is 1.41. The Labute approximate surface area is 202 Å². The molecule has 3 aliphatic rings. The topological polar surface area (TPSA) is 107 Å². The third-order valence-electron chi connectivity index (χ3n) is 6.88. The molecule has 6 rings (SSSR count). The number of piperazine rings is 1. The van der Waals surface area contributed by atoms with Gasteiger partial charge >= 0.3 is 0 Å². The standard InChI is InChI=1S/C24H27N7O4/c1-29-9-6-15-13-18-21(35-14-34-18)22(33-2)19(15)20(29)23-26-27-28-31(23)17-5-3-4-16(12-17)24(32)30-10-7-25-8-11-30/h3-5,12-13,20,25H,6-11,14H2,1-2H3. The fraction of sp³-hybridized carbons (Fsp3) is 0.417. The molecule has 1 saturated heterocycles. The summed E-state index contributed by atoms with van der Waals surface area (Å²) < 4.78 is 18.9. The second-order valence-electron chi connectivity index (χ2n) is 8.89. The SMILES string of the molecule is COc1c2c(cc3c1C(c1nnnn1-c1cccc(C(=O)N4CCNCC4)c1)N(C)CC3)OCO2. The van der Waals surface area contributed by atoms with Gasteiger partial charge in [0.1, 0.15) is 6.04 Å². The van der Waals surface area contributed by atoms with Gasteiger partial charge in [-0.2, -0.15) is 4.68 Å². The van der Waals surface area contributed by atoms with Crippen molar-refractivity contribution >= 4 is 5.91 Å². The highest BCUT2D eigenvalue weighted by atomic mass is 16.7. The highest BCUT2D eigenvalue weighted by Gasteiger charge is 2.37. The van der Waals surface area contributed by atoms with Crippen molar-refractivity contribution in [1.82, 2.24) is 35.3 Å². The number of hydrogen-bond donors (Lipinski definition) is 1. The van der Waals surface area contributed by atoms with E-state index in [1.165, 1.54) is 0 Å². The monoisotopic (exact) mass is 477 g/mol. The lowest BCUT2D eigenvalue weighted by atomic mass is 9.90. The molecular weight excluding hydrogens is 450 g/mol. The van der Waals surface area contributed by atoms with Gasteiger partial charge in [0.15, 0.2) is 17.3 Å². The molecule has 11 nitrogen and oxygen atoms in total. The van der Waals surface area contributed by atoms with Crippen LogP contribution in [0.25, 0.3) is 5.69 Å². The van der Waals surface area contributed by atoms with Crippen LogP contribution in [0, 0.1) is 0 Å². The molecule has 11 heteroatoms. The molecule has 2 aromatic carbocycles. The number of aromatic nitrogens is 4. The van der Waals surface area contributed by atoms with Gasteiger partial charge in [0.05, 0.1) is 12.8 Å². The van der Waals surface area contributed by atoms with Gasteiger partial charge < -0.3 is 24.4 Å². The van der Waals surface area contributed by atoms with Crippen LogP contribution in [0.2, 0.25) is 0 Å². The van der Waals surface area contributed by atoms with Crippen LogP contribution in [-0.2, 0) is 6.42 Å². The maximum atomic E-state index is 13.1. The number of fused-ring (bicyclic) bond motifs is 2. The third-order valence-corrected chi connectivity index (χ3v) is 6.88. The number of amides is 1. The van der Waals surface area contributed by atoms with Gasteiger partial charge in [0, 0.05) is 43.9 Å². The number of nitrogens with zero attached hydrogens (tertiary/aromatic N) is 6. The van der Waals surface area contributed by atoms with Crippen molar-refractivity contribution in [2.75, 3.05) is 53.7 Å². The molecule has 1 amide bonds. The molecule has 1 aromatic heterocycles. The van der Waals surface area contributed by atoms with Crippen LogP contribution >= 0.6 is 0 Å². The Kier molecular flexibility index (Phi) is 5.50. The summed E-state index contributed by atoms with van der Waals surface area (Å²) in [6, 6.07) is 9.23. The number of benzene rings is 2. The lowest BCUT2D eigenvalue weighted by Gasteiger charge is -2.34. The number of rotatable bonds is 4. The molecule has 0 bridgehead atoms. The quantitative estimate of drug-likeness (QED) is 0.589. The second kappa shape index (κ2) is 8.82. The first-order chi connectivity index (χ1) is 17.2. The molecule has 1 fully saturated rings. The fourth-order valence-electron chi connectivity index (χ4n) is 5.13. The first kappa shape index (κ1) is 21.8. The molecule has 3 aliphatic heterocycles. The first-order valence-electron chi connectivity index (χ1n) is 11.7. The maximum Gasteiger partial charge on any atom is 0.254 e. The van der Waals surface area contributed by atoms with Crippen LogP contribution in [0.5, 0.6) is 17.2 Å². The van der Waals surface area contributed by atoms with Gasteiger partial charge in [0.25, 0.3) is 5.91 Å². The summed E-state index contributed by atoms with van der Waals surface area (Å²) in [6.45, 7) is 3.97. The van der Waals surface area contributed by atoms with Crippen molar-refractivity contribution < 1.29 is 19.0 Å². The van der Waals surface area contributed by atoms with Gasteiger partial charge in [0.2, 0.25) is 12.5 Å². The predicted octanol–water partition coefficient (Wildman–Crippen LogP) is 1.02. The highest BCUT2D eigenvalue weighted by Crippen LogP contribution is 2.50. The van der Waals surface area contributed by atoms with E-state index in [0.29, 0.717) is 41.7 Å². The van der Waals surface area contributed by atoms with Gasteiger partial charge in [-0.1, -0.05) is 6.07 Å². The van der Waals surface area contributed by atoms with E-state index in [1.54, 1.807) is 11.8 Å². The number of likely N-dealkylation sites (N-methyl/N-ethyl adjacent to an activating group) is 1. The number of hydrogen-bond acceptors (Lipinski definition) is 9. The largest absolute Gasteiger partial charge is 0.492 e. The molecule has 1 N–H and O–H groups in total. The molecule has 3 aromatic rings. The molecule has 4 heterocycles. The van der Waals surface area contributed by atoms with Crippen molar-refractivity contribution in [3.05, 3.63) is 52.8 Å². The minimum atomic E-state index is -0.272. The highest BCUT2D eigenvalue weighted by molar-refractivity contribution is 5.94. The molecule has 0 radical (unpaired) electrons. The molecule has 0 aliphatic carbocycles. The van der Waals surface area contributed by atoms with E-state index >= 15 is 0 Å². The number of methoxy groups -OCH3 is 1. The summed E-state index contributed by atoms with van der Waals surface area (Å²) in [5, 5.41) is 16.0. The molecule has 0 spiro atoms. The maximum absolute atomic E-state index is 13.1. The van der Waals surface area contributed by atoms with E-state index in [4.69, 9.17) is 14.2 Å². The first-order valence-corrected chi connectivity index (χ1v) is 11.7. The third kappa shape index (κ3) is 3.67. The van der Waals surface area contributed by atoms with Gasteiger partial charge in [-0.3, -0.25) is 9.69 Å². The normalized spacial score (nSPS) is 19.5. The summed E-state index contributed by atoms with van der Waals surface area (Å²) in [5.41, 5.74) is 3.43. The van der Waals surface area contributed by atoms with Crippen molar-refractivity contribution in [3.63, 3.8) is 0 Å². The molecule has 1 atom stereocenters. The van der Waals surface area contributed by atoms with E-state index in [-0.39, 0.29) is 18.7 Å². The summed E-state index contributed by atoms with van der Waals surface area (Å²) in [6.07, 6.45) is 0.839. The van der Waals surface area contributed by atoms with Crippen LogP contribution in [0.3, 0.4) is 0 Å². The number of carbonyl (C=O) groups excluding carboxylic acids is 1. The lowest BCUT2D eigenvalue weighted by molar-refractivity contribution is 0.0735. The summed E-state index contributed by atoms with van der Waals surface area (Å²) in [5.74, 6) is 2.59. The second-order valence-corrected chi connectivity index (χ2v) is 8.89. The van der Waals surface area contributed by atoms with Gasteiger partial charge in [-0.25, -0.2) is 0 Å². The van der Waals surface area contributed by atoms with Crippen LogP contribution in [0.4, 0.5) is 0 Å². The molecular formula is C24H27N7O4. The zero-order valence-corrected chi connectivity index (χ0v) is 19.7. The van der Waals surface area contributed by atoms with Crippen LogP contribution in [0.1, 0.15) is 33.4 Å². The van der Waals surface area contributed by atoms with E-state index in [2.05, 4.69) is 25.7 Å². The summed E-state index contributed by atoms with van der Waals surface area (Å²) >= 11 is 0. The summed E-state index contributed by atoms with van der Waals surface area (Å²) in [4.78, 5) is 17.2. The van der Waals surface area contributed by atoms with Crippen LogP contribution < -0.4 is 19.5 Å². The zero-order valence-electron chi connectivity index (χ0n) is 19.7. The lowest BCUT2D eigenvalue weighted by Crippen LogP contribution is -2.46. The van der Waals surface area contributed by atoms with Gasteiger partial charge in [-0.15, -0.1) is 5.10 Å². The zero-order chi connectivity index (χ0) is 23.9. The van der Waals surface area contributed by atoms with Crippen molar-refractivity contribution in [2.24, 2.45) is 0 Å².